The summed E-state index contributed by atoms with van der Waals surface area (Å²) in [5.74, 6) is 0.469. The molecule has 0 aliphatic heterocycles. The number of halogens is 2. The van der Waals surface area contributed by atoms with Gasteiger partial charge in [0.2, 0.25) is 0 Å². The van der Waals surface area contributed by atoms with Crippen molar-refractivity contribution in [3.8, 4) is 22.8 Å². The van der Waals surface area contributed by atoms with Gasteiger partial charge in [0, 0.05) is 16.8 Å². The second-order valence-corrected chi connectivity index (χ2v) is 8.77. The lowest BCUT2D eigenvalue weighted by Gasteiger charge is -2.11. The van der Waals surface area contributed by atoms with E-state index in [0.717, 1.165) is 22.6 Å². The van der Waals surface area contributed by atoms with Crippen molar-refractivity contribution in [1.29, 1.82) is 0 Å². The van der Waals surface area contributed by atoms with E-state index >= 15 is 0 Å². The Kier molecular flexibility index (Phi) is 7.79. The first-order valence-corrected chi connectivity index (χ1v) is 11.9. The number of methoxy groups -OCH3 is 1. The van der Waals surface area contributed by atoms with Crippen LogP contribution in [0.4, 0.5) is 4.39 Å². The number of carbonyl (C=O) groups excluding carboxylic acids is 1. The monoisotopic (exact) mass is 509 g/mol. The third-order valence-corrected chi connectivity index (χ3v) is 6.25. The molecule has 1 N–H and O–H groups in total. The number of thioether (sulfide) groups is 1. The Morgan fingerprint density at radius 1 is 1.14 bits per heavy atom. The second kappa shape index (κ2) is 11.2. The highest BCUT2D eigenvalue weighted by Crippen LogP contribution is 2.29. The fraction of sp³-hybridized carbons (Fsp3) is 0.120. The standard InChI is InChI=1S/C25H21ClFN5O2S/c1-16-6-8-17(9-7-16)24-30-31-25(32(24)18-10-12-19(34-2)13-11-18)35-15-23(33)29-28-14-20-21(26)4-3-5-22(20)27/h3-14H,15H2,1-2H3,(H,29,33)/b28-14+. The maximum atomic E-state index is 13.8. The van der Waals surface area contributed by atoms with Crippen LogP contribution in [0.15, 0.2) is 77.0 Å². The highest BCUT2D eigenvalue weighted by Gasteiger charge is 2.17. The van der Waals surface area contributed by atoms with Crippen LogP contribution in [0.1, 0.15) is 11.1 Å². The van der Waals surface area contributed by atoms with Gasteiger partial charge in [-0.2, -0.15) is 5.10 Å². The zero-order valence-corrected chi connectivity index (χ0v) is 20.5. The van der Waals surface area contributed by atoms with Gasteiger partial charge in [-0.05, 0) is 43.3 Å². The smallest absolute Gasteiger partial charge is 0.250 e. The van der Waals surface area contributed by atoms with Crippen LogP contribution in [-0.4, -0.2) is 39.7 Å². The van der Waals surface area contributed by atoms with Crippen LogP contribution in [0.3, 0.4) is 0 Å². The van der Waals surface area contributed by atoms with E-state index < -0.39 is 5.82 Å². The number of carbonyl (C=O) groups is 1. The zero-order chi connectivity index (χ0) is 24.8. The molecule has 0 aliphatic carbocycles. The predicted octanol–water partition coefficient (Wildman–Crippen LogP) is 5.29. The second-order valence-electron chi connectivity index (χ2n) is 7.42. The van der Waals surface area contributed by atoms with Crippen molar-refractivity contribution < 1.29 is 13.9 Å². The summed E-state index contributed by atoms with van der Waals surface area (Å²) in [5, 5.41) is 13.2. The zero-order valence-electron chi connectivity index (χ0n) is 18.9. The minimum Gasteiger partial charge on any atom is -0.497 e. The van der Waals surface area contributed by atoms with Crippen LogP contribution in [0.2, 0.25) is 5.02 Å². The number of hydrogen-bond acceptors (Lipinski definition) is 6. The van der Waals surface area contributed by atoms with Gasteiger partial charge in [-0.15, -0.1) is 10.2 Å². The average Bonchev–Trinajstić information content (AvgIpc) is 3.29. The summed E-state index contributed by atoms with van der Waals surface area (Å²) in [6.07, 6.45) is 1.18. The summed E-state index contributed by atoms with van der Waals surface area (Å²) in [4.78, 5) is 12.4. The molecule has 0 saturated heterocycles. The highest BCUT2D eigenvalue weighted by atomic mass is 35.5. The minimum absolute atomic E-state index is 0.0184. The fourth-order valence-corrected chi connectivity index (χ4v) is 4.14. The summed E-state index contributed by atoms with van der Waals surface area (Å²) in [5.41, 5.74) is 5.33. The van der Waals surface area contributed by atoms with E-state index in [1.54, 1.807) is 13.2 Å². The number of ether oxygens (including phenoxy) is 1. The lowest BCUT2D eigenvalue weighted by atomic mass is 10.1. The number of nitrogens with zero attached hydrogens (tertiary/aromatic N) is 4. The Bertz CT molecular complexity index is 1340. The molecule has 0 spiro atoms. The number of hydrazone groups is 1. The van der Waals surface area contributed by atoms with Gasteiger partial charge in [0.25, 0.3) is 5.91 Å². The molecule has 10 heteroatoms. The van der Waals surface area contributed by atoms with Crippen LogP contribution < -0.4 is 10.2 Å². The molecule has 0 unspecified atom stereocenters. The van der Waals surface area contributed by atoms with E-state index in [1.165, 1.54) is 30.1 Å². The maximum absolute atomic E-state index is 13.8. The summed E-state index contributed by atoms with van der Waals surface area (Å²) in [6.45, 7) is 2.01. The van der Waals surface area contributed by atoms with Gasteiger partial charge < -0.3 is 4.74 Å². The van der Waals surface area contributed by atoms with E-state index in [4.69, 9.17) is 16.3 Å². The highest BCUT2D eigenvalue weighted by molar-refractivity contribution is 7.99. The van der Waals surface area contributed by atoms with Crippen LogP contribution in [-0.2, 0) is 4.79 Å². The van der Waals surface area contributed by atoms with Crippen molar-refractivity contribution in [2.24, 2.45) is 5.10 Å². The first kappa shape index (κ1) is 24.4. The number of amides is 1. The lowest BCUT2D eigenvalue weighted by Crippen LogP contribution is -2.20. The molecule has 0 atom stereocenters. The predicted molar refractivity (Wildman–Crippen MR) is 136 cm³/mol. The average molecular weight is 510 g/mol. The molecule has 0 bridgehead atoms. The molecule has 0 fully saturated rings. The Morgan fingerprint density at radius 2 is 1.89 bits per heavy atom. The van der Waals surface area contributed by atoms with Crippen LogP contribution in [0, 0.1) is 12.7 Å². The fourth-order valence-electron chi connectivity index (χ4n) is 3.18. The summed E-state index contributed by atoms with van der Waals surface area (Å²) < 4.78 is 21.0. The van der Waals surface area contributed by atoms with Gasteiger partial charge in [0.1, 0.15) is 11.6 Å². The van der Waals surface area contributed by atoms with Crippen LogP contribution in [0.25, 0.3) is 17.1 Å². The Labute approximate surface area is 211 Å². The van der Waals surface area contributed by atoms with Crippen molar-refractivity contribution in [2.75, 3.05) is 12.9 Å². The van der Waals surface area contributed by atoms with Gasteiger partial charge >= 0.3 is 0 Å². The minimum atomic E-state index is -0.527. The van der Waals surface area contributed by atoms with Crippen LogP contribution in [0.5, 0.6) is 5.75 Å². The molecule has 4 rings (SSSR count). The molecule has 4 aromatic rings. The van der Waals surface area contributed by atoms with Crippen molar-refractivity contribution in [1.82, 2.24) is 20.2 Å². The number of aromatic nitrogens is 3. The number of rotatable bonds is 8. The number of benzene rings is 3. The van der Waals surface area contributed by atoms with Gasteiger partial charge in [0.05, 0.1) is 24.1 Å². The molecule has 1 aromatic heterocycles. The van der Waals surface area contributed by atoms with Crippen molar-refractivity contribution in [3.05, 3.63) is 88.7 Å². The largest absolute Gasteiger partial charge is 0.497 e. The maximum Gasteiger partial charge on any atom is 0.250 e. The van der Waals surface area contributed by atoms with E-state index in [0.29, 0.717) is 11.0 Å². The molecular weight excluding hydrogens is 489 g/mol. The Balaban J connectivity index is 1.53. The Hall–Kier alpha value is -3.69. The Morgan fingerprint density at radius 3 is 2.57 bits per heavy atom. The van der Waals surface area contributed by atoms with E-state index in [-0.39, 0.29) is 22.2 Å². The lowest BCUT2D eigenvalue weighted by molar-refractivity contribution is -0.118. The molecule has 1 amide bonds. The van der Waals surface area contributed by atoms with Gasteiger partial charge in [-0.3, -0.25) is 9.36 Å². The third kappa shape index (κ3) is 5.87. The molecule has 35 heavy (non-hydrogen) atoms. The van der Waals surface area contributed by atoms with Crippen molar-refractivity contribution in [3.63, 3.8) is 0 Å². The van der Waals surface area contributed by atoms with Gasteiger partial charge in [-0.1, -0.05) is 59.3 Å². The third-order valence-electron chi connectivity index (χ3n) is 4.99. The van der Waals surface area contributed by atoms with E-state index in [1.807, 2.05) is 60.0 Å². The molecule has 0 aliphatic rings. The summed E-state index contributed by atoms with van der Waals surface area (Å²) in [6, 6.07) is 19.7. The SMILES string of the molecule is COc1ccc(-n2c(SCC(=O)N/N=C/c3c(F)cccc3Cl)nnc2-c2ccc(C)cc2)cc1. The summed E-state index contributed by atoms with van der Waals surface area (Å²) in [7, 11) is 1.61. The first-order chi connectivity index (χ1) is 17.0. The molecule has 1 heterocycles. The number of aryl methyl sites for hydroxylation is 1. The van der Waals surface area contributed by atoms with Crippen molar-refractivity contribution in [2.45, 2.75) is 12.1 Å². The van der Waals surface area contributed by atoms with Gasteiger partial charge in [0.15, 0.2) is 11.0 Å². The van der Waals surface area contributed by atoms with E-state index in [2.05, 4.69) is 20.7 Å². The molecule has 178 valence electrons. The topological polar surface area (TPSA) is 81.4 Å². The quantitative estimate of drug-likeness (QED) is 0.198. The molecule has 0 saturated carbocycles. The van der Waals surface area contributed by atoms with Crippen LogP contribution >= 0.6 is 23.4 Å². The molecule has 0 radical (unpaired) electrons. The molecule has 7 nitrogen and oxygen atoms in total. The number of hydrogen-bond donors (Lipinski definition) is 1. The molecule has 3 aromatic carbocycles. The van der Waals surface area contributed by atoms with Crippen molar-refractivity contribution >= 4 is 35.5 Å². The number of nitrogens with one attached hydrogen (secondary N) is 1. The first-order valence-electron chi connectivity index (χ1n) is 10.5. The van der Waals surface area contributed by atoms with Gasteiger partial charge in [-0.25, -0.2) is 9.82 Å². The normalized spacial score (nSPS) is 11.1. The van der Waals surface area contributed by atoms with E-state index in [9.17, 15) is 9.18 Å². The summed E-state index contributed by atoms with van der Waals surface area (Å²) >= 11 is 7.17. The molecular formula is C25H21ClFN5O2S.